The molecular weight excluding hydrogens is 852 g/mol. The maximum Gasteiger partial charge on any atom is 0.472 e. The Morgan fingerprint density at radius 2 is 0.687 bits per heavy atom. The molecule has 402 valence electrons. The highest BCUT2D eigenvalue weighted by Crippen LogP contribution is 2.43. The lowest BCUT2D eigenvalue weighted by molar-refractivity contribution is -0.123. The summed E-state index contributed by atoms with van der Waals surface area (Å²) in [6, 6.07) is -0.769. The summed E-state index contributed by atoms with van der Waals surface area (Å²) in [6.45, 7) is 4.26. The van der Waals surface area contributed by atoms with E-state index < -0.39 is 20.0 Å². The molecule has 0 aliphatic carbocycles. The number of hydrogen-bond donors (Lipinski definition) is 4. The van der Waals surface area contributed by atoms with E-state index in [1.165, 1.54) is 270 Å². The normalized spacial score (nSPS) is 13.6. The molecule has 0 aliphatic heterocycles. The average Bonchev–Trinajstić information content (AvgIpc) is 3.32. The number of carbonyl (C=O) groups excluding carboxylic acids is 1. The largest absolute Gasteiger partial charge is 0.472 e. The quantitative estimate of drug-likeness (QED) is 0.0353. The molecule has 0 aliphatic rings. The maximum absolute atomic E-state index is 12.9. The number of phosphoric acid groups is 1. The van der Waals surface area contributed by atoms with Gasteiger partial charge in [0.1, 0.15) is 0 Å². The summed E-state index contributed by atoms with van der Waals surface area (Å²) < 4.78 is 22.3. The number of aliphatic hydroxyl groups excluding tert-OH is 1. The monoisotopic (exact) mass is 971 g/mol. The predicted molar refractivity (Wildman–Crippen MR) is 291 cm³/mol. The fourth-order valence-corrected chi connectivity index (χ4v) is 10.4. The molecule has 0 spiro atoms. The molecule has 1 amide bonds. The van der Waals surface area contributed by atoms with E-state index >= 15 is 0 Å². The first-order valence-corrected chi connectivity index (χ1v) is 31.6. The predicted octanol–water partition coefficient (Wildman–Crippen LogP) is 18.5. The van der Waals surface area contributed by atoms with Gasteiger partial charge in [0.25, 0.3) is 0 Å². The van der Waals surface area contributed by atoms with Gasteiger partial charge in [-0.05, 0) is 12.8 Å². The van der Waals surface area contributed by atoms with Crippen LogP contribution in [0.25, 0.3) is 0 Å². The van der Waals surface area contributed by atoms with Crippen molar-refractivity contribution in [1.29, 1.82) is 0 Å². The molecule has 67 heavy (non-hydrogen) atoms. The molecule has 0 heterocycles. The summed E-state index contributed by atoms with van der Waals surface area (Å²) in [7, 11) is -4.32. The molecular formula is C58H119N2O6P. The van der Waals surface area contributed by atoms with Gasteiger partial charge in [0.15, 0.2) is 0 Å². The van der Waals surface area contributed by atoms with E-state index in [4.69, 9.17) is 14.8 Å². The van der Waals surface area contributed by atoms with Crippen molar-refractivity contribution in [3.05, 3.63) is 0 Å². The Hall–Kier alpha value is -0.500. The van der Waals surface area contributed by atoms with Crippen LogP contribution in [-0.4, -0.2) is 47.8 Å². The summed E-state index contributed by atoms with van der Waals surface area (Å²) in [5.74, 6) is -0.153. The lowest BCUT2D eigenvalue weighted by Crippen LogP contribution is -2.46. The van der Waals surface area contributed by atoms with Crippen LogP contribution in [-0.2, 0) is 18.4 Å². The average molecular weight is 972 g/mol. The number of nitrogens with two attached hydrogens (primary N) is 1. The molecule has 0 saturated carbocycles. The zero-order valence-corrected chi connectivity index (χ0v) is 46.1. The molecule has 0 saturated heterocycles. The zero-order valence-electron chi connectivity index (χ0n) is 45.2. The van der Waals surface area contributed by atoms with Gasteiger partial charge in [0, 0.05) is 13.0 Å². The molecule has 0 fully saturated rings. The van der Waals surface area contributed by atoms with Gasteiger partial charge < -0.3 is 21.1 Å². The molecule has 0 aromatic carbocycles. The Morgan fingerprint density at radius 3 is 0.955 bits per heavy atom. The third-order valence-electron chi connectivity index (χ3n) is 14.2. The zero-order chi connectivity index (χ0) is 48.8. The summed E-state index contributed by atoms with van der Waals surface area (Å²) in [6.07, 6.45) is 64.7. The van der Waals surface area contributed by atoms with E-state index in [9.17, 15) is 19.4 Å². The van der Waals surface area contributed by atoms with Crippen LogP contribution in [0, 0.1) is 0 Å². The van der Waals surface area contributed by atoms with E-state index in [1.54, 1.807) is 0 Å². The lowest BCUT2D eigenvalue weighted by atomic mass is 10.0. The van der Waals surface area contributed by atoms with Crippen LogP contribution < -0.4 is 11.1 Å². The first kappa shape index (κ1) is 66.5. The number of unbranched alkanes of at least 4 members (excludes halogenated alkanes) is 46. The number of carbonyl (C=O) groups is 1. The van der Waals surface area contributed by atoms with Crippen molar-refractivity contribution in [1.82, 2.24) is 5.32 Å². The van der Waals surface area contributed by atoms with Crippen molar-refractivity contribution >= 4 is 13.7 Å². The number of hydrogen-bond acceptors (Lipinski definition) is 6. The summed E-state index contributed by atoms with van der Waals surface area (Å²) in [4.78, 5) is 22.9. The molecule has 3 atom stereocenters. The topological polar surface area (TPSA) is 131 Å². The summed E-state index contributed by atoms with van der Waals surface area (Å²) >= 11 is 0. The van der Waals surface area contributed by atoms with Gasteiger partial charge in [0.05, 0.1) is 25.4 Å². The van der Waals surface area contributed by atoms with E-state index in [0.717, 1.165) is 38.5 Å². The van der Waals surface area contributed by atoms with Crippen LogP contribution in [0.3, 0.4) is 0 Å². The Balaban J connectivity index is 3.72. The fourth-order valence-electron chi connectivity index (χ4n) is 9.67. The van der Waals surface area contributed by atoms with Crippen LogP contribution in [0.5, 0.6) is 0 Å². The van der Waals surface area contributed by atoms with Crippen molar-refractivity contribution in [3.63, 3.8) is 0 Å². The van der Waals surface area contributed by atoms with Gasteiger partial charge in [-0.1, -0.05) is 316 Å². The Morgan fingerprint density at radius 1 is 0.433 bits per heavy atom. The molecule has 8 nitrogen and oxygen atoms in total. The number of aliphatic hydroxyl groups is 1. The number of nitrogens with one attached hydrogen (secondary N) is 1. The number of rotatable bonds is 58. The van der Waals surface area contributed by atoms with Crippen molar-refractivity contribution in [2.75, 3.05) is 19.8 Å². The van der Waals surface area contributed by atoms with Gasteiger partial charge in [-0.2, -0.15) is 0 Å². The standard InChI is InChI=1S/C58H119N2O6P/c1-3-5-7-9-11-13-15-17-18-19-20-21-22-23-24-25-26-27-28-29-30-31-32-33-34-35-36-37-38-40-42-44-46-48-50-52-58(62)60-56(55-66-67(63,64)65-54-53-59)57(61)51-49-47-45-43-41-39-16-14-12-10-8-6-4-2/h56-57,61H,3-55,59H2,1-2H3,(H,60,62)(H,63,64)/t56-,57+/m0/s1. The second kappa shape index (κ2) is 54.8. The molecule has 9 heteroatoms. The lowest BCUT2D eigenvalue weighted by Gasteiger charge is -2.25. The number of phosphoric ester groups is 1. The minimum absolute atomic E-state index is 0.0928. The van der Waals surface area contributed by atoms with Crippen molar-refractivity contribution in [3.8, 4) is 0 Å². The van der Waals surface area contributed by atoms with Crippen molar-refractivity contribution in [2.24, 2.45) is 5.73 Å². The second-order valence-corrected chi connectivity index (χ2v) is 22.4. The smallest absolute Gasteiger partial charge is 0.391 e. The third kappa shape index (κ3) is 53.1. The SMILES string of the molecule is CCCCCCCCCCCCCCCCCCCCCCCCCCCCCCCCCCCCCC(=O)N[C@@H](COP(=O)(O)OCCN)[C@H](O)CCCCCCCCCCCCCCC. The fraction of sp³-hybridized carbons (Fsp3) is 0.983. The highest BCUT2D eigenvalue weighted by Gasteiger charge is 2.27. The molecule has 0 aromatic heterocycles. The van der Waals surface area contributed by atoms with Crippen LogP contribution in [0.15, 0.2) is 0 Å². The van der Waals surface area contributed by atoms with E-state index in [0.29, 0.717) is 12.8 Å². The minimum Gasteiger partial charge on any atom is -0.391 e. The Labute approximate surface area is 418 Å². The molecule has 5 N–H and O–H groups in total. The van der Waals surface area contributed by atoms with Gasteiger partial charge in [0.2, 0.25) is 5.91 Å². The van der Waals surface area contributed by atoms with Gasteiger partial charge in [-0.25, -0.2) is 4.57 Å². The Kier molecular flexibility index (Phi) is 54.4. The van der Waals surface area contributed by atoms with E-state index in [2.05, 4.69) is 19.2 Å². The minimum atomic E-state index is -4.32. The second-order valence-electron chi connectivity index (χ2n) is 20.9. The third-order valence-corrected chi connectivity index (χ3v) is 15.2. The van der Waals surface area contributed by atoms with Crippen LogP contribution in [0.4, 0.5) is 0 Å². The highest BCUT2D eigenvalue weighted by molar-refractivity contribution is 7.47. The molecule has 1 unspecified atom stereocenters. The van der Waals surface area contributed by atoms with Gasteiger partial charge >= 0.3 is 7.82 Å². The first-order valence-electron chi connectivity index (χ1n) is 30.2. The van der Waals surface area contributed by atoms with Crippen LogP contribution in [0.2, 0.25) is 0 Å². The Bertz CT molecular complexity index is 1020. The van der Waals surface area contributed by atoms with Crippen molar-refractivity contribution in [2.45, 2.75) is 347 Å². The van der Waals surface area contributed by atoms with Crippen LogP contribution >= 0.6 is 7.82 Å². The molecule has 0 rings (SSSR count). The van der Waals surface area contributed by atoms with Gasteiger partial charge in [-0.15, -0.1) is 0 Å². The van der Waals surface area contributed by atoms with E-state index in [1.807, 2.05) is 0 Å². The molecule has 0 aromatic rings. The first-order chi connectivity index (χ1) is 32.9. The van der Waals surface area contributed by atoms with Crippen molar-refractivity contribution < 1.29 is 28.4 Å². The molecule has 0 bridgehead atoms. The summed E-state index contributed by atoms with van der Waals surface area (Å²) in [5.41, 5.74) is 5.40. The highest BCUT2D eigenvalue weighted by atomic mass is 31.2. The molecule has 0 radical (unpaired) electrons. The van der Waals surface area contributed by atoms with Gasteiger partial charge in [-0.3, -0.25) is 13.8 Å². The summed E-state index contributed by atoms with van der Waals surface area (Å²) in [5, 5.41) is 13.9. The maximum atomic E-state index is 12.9. The number of amides is 1. The van der Waals surface area contributed by atoms with E-state index in [-0.39, 0.29) is 25.7 Å². The van der Waals surface area contributed by atoms with Crippen LogP contribution in [0.1, 0.15) is 335 Å².